The number of nitrogens with zero attached hydrogens (tertiary/aromatic N) is 1. The number of urea groups is 1. The maximum absolute atomic E-state index is 11.9. The lowest BCUT2D eigenvalue weighted by Crippen LogP contribution is -2.50. The first-order chi connectivity index (χ1) is 8.78. The number of nitrogens with one attached hydrogen (secondary N) is 1. The van der Waals surface area contributed by atoms with Gasteiger partial charge in [0.25, 0.3) is 0 Å². The Kier molecular flexibility index (Phi) is 5.60. The summed E-state index contributed by atoms with van der Waals surface area (Å²) in [5, 5.41) is 11.6. The van der Waals surface area contributed by atoms with E-state index in [-0.39, 0.29) is 17.9 Å². The molecule has 1 unspecified atom stereocenters. The van der Waals surface area contributed by atoms with Gasteiger partial charge in [-0.25, -0.2) is 4.79 Å². The van der Waals surface area contributed by atoms with E-state index in [0.29, 0.717) is 26.2 Å². The lowest BCUT2D eigenvalue weighted by molar-refractivity contribution is -0.141. The summed E-state index contributed by atoms with van der Waals surface area (Å²) in [6.45, 7) is 8.24. The third kappa shape index (κ3) is 6.42. The van der Waals surface area contributed by atoms with Crippen molar-refractivity contribution < 1.29 is 19.4 Å². The van der Waals surface area contributed by atoms with E-state index in [1.165, 1.54) is 0 Å². The molecule has 0 aromatic carbocycles. The van der Waals surface area contributed by atoms with E-state index >= 15 is 0 Å². The molecule has 2 amide bonds. The summed E-state index contributed by atoms with van der Waals surface area (Å²) in [6, 6.07) is -0.136. The number of rotatable bonds is 4. The molecule has 2 N–H and O–H groups in total. The van der Waals surface area contributed by atoms with Crippen LogP contribution in [0.5, 0.6) is 0 Å². The third-order valence-corrected chi connectivity index (χ3v) is 2.98. The summed E-state index contributed by atoms with van der Waals surface area (Å²) in [5.41, 5.74) is 0.185. The van der Waals surface area contributed by atoms with Crippen LogP contribution >= 0.6 is 0 Å². The second kappa shape index (κ2) is 6.75. The minimum Gasteiger partial charge on any atom is -0.481 e. The highest BCUT2D eigenvalue weighted by Crippen LogP contribution is 2.17. The molecular formula is C13H24N2O4. The number of carboxylic acids is 1. The third-order valence-electron chi connectivity index (χ3n) is 2.98. The number of amides is 2. The number of morpholine rings is 1. The van der Waals surface area contributed by atoms with Crippen LogP contribution in [-0.4, -0.2) is 54.4 Å². The molecule has 0 aromatic rings. The summed E-state index contributed by atoms with van der Waals surface area (Å²) in [6.07, 6.45) is 0.438. The number of carboxylic acid groups (broad SMARTS) is 1. The Hall–Kier alpha value is -1.30. The van der Waals surface area contributed by atoms with Crippen molar-refractivity contribution in [2.45, 2.75) is 39.7 Å². The van der Waals surface area contributed by atoms with Crippen LogP contribution in [0.15, 0.2) is 0 Å². The number of ether oxygens (including phenoxy) is 1. The molecule has 19 heavy (non-hydrogen) atoms. The van der Waals surface area contributed by atoms with Gasteiger partial charge < -0.3 is 20.1 Å². The van der Waals surface area contributed by atoms with Crippen LogP contribution in [-0.2, 0) is 9.53 Å². The van der Waals surface area contributed by atoms with Crippen molar-refractivity contribution in [3.05, 3.63) is 0 Å². The quantitative estimate of drug-likeness (QED) is 0.808. The lowest BCUT2D eigenvalue weighted by Gasteiger charge is -2.32. The van der Waals surface area contributed by atoms with Gasteiger partial charge in [-0.3, -0.25) is 4.79 Å². The molecule has 0 aromatic heterocycles. The van der Waals surface area contributed by atoms with E-state index in [0.717, 1.165) is 6.42 Å². The fourth-order valence-corrected chi connectivity index (χ4v) is 1.88. The van der Waals surface area contributed by atoms with E-state index in [4.69, 9.17) is 9.84 Å². The van der Waals surface area contributed by atoms with E-state index < -0.39 is 12.1 Å². The maximum atomic E-state index is 11.9. The van der Waals surface area contributed by atoms with Crippen LogP contribution in [0.25, 0.3) is 0 Å². The lowest BCUT2D eigenvalue weighted by atomic mass is 9.92. The van der Waals surface area contributed by atoms with Crippen molar-refractivity contribution in [3.63, 3.8) is 0 Å². The van der Waals surface area contributed by atoms with Crippen LogP contribution in [0.2, 0.25) is 0 Å². The Morgan fingerprint density at radius 3 is 2.68 bits per heavy atom. The van der Waals surface area contributed by atoms with Gasteiger partial charge in [0.1, 0.15) is 0 Å². The van der Waals surface area contributed by atoms with Gasteiger partial charge in [-0.2, -0.15) is 0 Å². The molecular weight excluding hydrogens is 248 g/mol. The summed E-state index contributed by atoms with van der Waals surface area (Å²) < 4.78 is 5.33. The van der Waals surface area contributed by atoms with Crippen molar-refractivity contribution in [1.82, 2.24) is 10.2 Å². The van der Waals surface area contributed by atoms with Crippen LogP contribution in [0.4, 0.5) is 4.79 Å². The molecule has 0 bridgehead atoms. The number of carbonyl (C=O) groups excluding carboxylic acids is 1. The largest absolute Gasteiger partial charge is 0.481 e. The molecule has 0 aliphatic carbocycles. The highest BCUT2D eigenvalue weighted by atomic mass is 16.5. The zero-order valence-electron chi connectivity index (χ0n) is 11.9. The fourth-order valence-electron chi connectivity index (χ4n) is 1.88. The number of hydrogen-bond acceptors (Lipinski definition) is 3. The Morgan fingerprint density at radius 2 is 2.11 bits per heavy atom. The Morgan fingerprint density at radius 1 is 1.42 bits per heavy atom. The molecule has 1 saturated heterocycles. The smallest absolute Gasteiger partial charge is 0.317 e. The van der Waals surface area contributed by atoms with Crippen LogP contribution in [0, 0.1) is 5.41 Å². The first-order valence-electron chi connectivity index (χ1n) is 6.64. The van der Waals surface area contributed by atoms with E-state index in [2.05, 4.69) is 26.1 Å². The zero-order chi connectivity index (χ0) is 14.5. The van der Waals surface area contributed by atoms with E-state index in [1.807, 2.05) is 0 Å². The molecule has 110 valence electrons. The average molecular weight is 272 g/mol. The van der Waals surface area contributed by atoms with Gasteiger partial charge in [-0.15, -0.1) is 0 Å². The molecule has 6 heteroatoms. The highest BCUT2D eigenvalue weighted by Gasteiger charge is 2.25. The molecule has 1 atom stereocenters. The normalized spacial score (nSPS) is 20.2. The van der Waals surface area contributed by atoms with Crippen molar-refractivity contribution in [2.75, 3.05) is 26.2 Å². The van der Waals surface area contributed by atoms with Crippen molar-refractivity contribution in [1.29, 1.82) is 0 Å². The first-order valence-corrected chi connectivity index (χ1v) is 6.64. The zero-order valence-corrected chi connectivity index (χ0v) is 11.9. The SMILES string of the molecule is CC(C)(C)CCNC(=O)N1CCOC(CC(=O)O)C1. The van der Waals surface area contributed by atoms with Crippen molar-refractivity contribution in [3.8, 4) is 0 Å². The average Bonchev–Trinajstić information content (AvgIpc) is 2.26. The Bertz CT molecular complexity index is 325. The first kappa shape index (κ1) is 15.8. The Balaban J connectivity index is 2.33. The minimum absolute atomic E-state index is 0.0637. The number of hydrogen-bond donors (Lipinski definition) is 2. The van der Waals surface area contributed by atoms with Crippen molar-refractivity contribution in [2.24, 2.45) is 5.41 Å². The van der Waals surface area contributed by atoms with Crippen molar-refractivity contribution >= 4 is 12.0 Å². The predicted molar refractivity (Wildman–Crippen MR) is 71.0 cm³/mol. The molecule has 1 fully saturated rings. The van der Waals surface area contributed by atoms with E-state index in [9.17, 15) is 9.59 Å². The van der Waals surface area contributed by atoms with E-state index in [1.54, 1.807) is 4.90 Å². The Labute approximate surface area is 114 Å². The number of carbonyl (C=O) groups is 2. The summed E-state index contributed by atoms with van der Waals surface area (Å²) >= 11 is 0. The minimum atomic E-state index is -0.903. The van der Waals surface area contributed by atoms with Gasteiger partial charge in [0.15, 0.2) is 0 Å². The second-order valence-corrected chi connectivity index (χ2v) is 6.08. The standard InChI is InChI=1S/C13H24N2O4/c1-13(2,3)4-5-14-12(18)15-6-7-19-10(9-15)8-11(16)17/h10H,4-9H2,1-3H3,(H,14,18)(H,16,17). The summed E-state index contributed by atoms with van der Waals surface area (Å²) in [5.74, 6) is -0.903. The second-order valence-electron chi connectivity index (χ2n) is 6.08. The predicted octanol–water partition coefficient (Wildman–Crippen LogP) is 1.31. The molecule has 0 saturated carbocycles. The highest BCUT2D eigenvalue weighted by molar-refractivity contribution is 5.74. The topological polar surface area (TPSA) is 78.9 Å². The summed E-state index contributed by atoms with van der Waals surface area (Å²) in [4.78, 5) is 24.2. The molecule has 1 aliphatic rings. The van der Waals surface area contributed by atoms with Crippen LogP contribution in [0.1, 0.15) is 33.6 Å². The van der Waals surface area contributed by atoms with Gasteiger partial charge in [0, 0.05) is 19.6 Å². The van der Waals surface area contributed by atoms with Gasteiger partial charge in [-0.05, 0) is 11.8 Å². The molecule has 0 spiro atoms. The van der Waals surface area contributed by atoms with Crippen LogP contribution < -0.4 is 5.32 Å². The van der Waals surface area contributed by atoms with Gasteiger partial charge >= 0.3 is 12.0 Å². The van der Waals surface area contributed by atoms with Gasteiger partial charge in [-0.1, -0.05) is 20.8 Å². The molecule has 0 radical (unpaired) electrons. The molecule has 1 aliphatic heterocycles. The molecule has 6 nitrogen and oxygen atoms in total. The number of aliphatic carboxylic acids is 1. The maximum Gasteiger partial charge on any atom is 0.317 e. The summed E-state index contributed by atoms with van der Waals surface area (Å²) in [7, 11) is 0. The fraction of sp³-hybridized carbons (Fsp3) is 0.846. The molecule has 1 rings (SSSR count). The van der Waals surface area contributed by atoms with Gasteiger partial charge in [0.2, 0.25) is 0 Å². The monoisotopic (exact) mass is 272 g/mol. The molecule has 1 heterocycles. The van der Waals surface area contributed by atoms with Gasteiger partial charge in [0.05, 0.1) is 19.1 Å². The van der Waals surface area contributed by atoms with Crippen LogP contribution in [0.3, 0.4) is 0 Å².